The number of thiophene rings is 1. The highest BCUT2D eigenvalue weighted by molar-refractivity contribution is 7.15. The first-order valence-corrected chi connectivity index (χ1v) is 26.5. The number of anilines is 1. The molecule has 74 heavy (non-hydrogen) atoms. The summed E-state index contributed by atoms with van der Waals surface area (Å²) in [7, 11) is 0. The van der Waals surface area contributed by atoms with Crippen molar-refractivity contribution in [1.82, 2.24) is 35.3 Å². The number of aliphatic hydroxyl groups is 1. The zero-order valence-electron chi connectivity index (χ0n) is 42.5. The van der Waals surface area contributed by atoms with E-state index in [1.807, 2.05) is 100 Å². The molecular formula is C55H59N9O8S2. The summed E-state index contributed by atoms with van der Waals surface area (Å²) in [4.78, 5) is 69.5. The van der Waals surface area contributed by atoms with Gasteiger partial charge in [0.1, 0.15) is 46.4 Å². The van der Waals surface area contributed by atoms with Crippen molar-refractivity contribution in [2.24, 2.45) is 10.4 Å². The van der Waals surface area contributed by atoms with Crippen LogP contribution in [0.5, 0.6) is 5.75 Å². The number of thiazole rings is 1. The van der Waals surface area contributed by atoms with Gasteiger partial charge < -0.3 is 39.8 Å². The number of carbonyl (C=O) groups is 4. The van der Waals surface area contributed by atoms with Crippen LogP contribution < -0.4 is 20.3 Å². The number of rotatable bonds is 13. The number of amides is 3. The Balaban J connectivity index is 0.782. The summed E-state index contributed by atoms with van der Waals surface area (Å²) in [6.45, 7) is 16.7. The Labute approximate surface area is 436 Å². The molecule has 4 aromatic heterocycles. The third kappa shape index (κ3) is 9.82. The third-order valence-corrected chi connectivity index (χ3v) is 16.5. The van der Waals surface area contributed by atoms with Gasteiger partial charge in [-0.25, -0.2) is 4.98 Å². The second-order valence-corrected chi connectivity index (χ2v) is 22.7. The summed E-state index contributed by atoms with van der Waals surface area (Å²) in [5.74, 6) is -0.586. The van der Waals surface area contributed by atoms with Gasteiger partial charge in [0.2, 0.25) is 11.8 Å². The second kappa shape index (κ2) is 19.9. The zero-order chi connectivity index (χ0) is 52.3. The molecule has 0 radical (unpaired) electrons. The number of hydrogen-bond acceptors (Lipinski definition) is 14. The SMILES string of the molecule is Cc1ncsc1-c1ccc([C@H](C)NC(=O)[C@@H]2C[C@@H](O)CN2C(=O)[C@@H](NC(=O)c2cc3cc(O[C@H]4CCN(c5ccc(C6=N[C@@H](CC(=O)O)c7nnc(C)n7-c7sc(C)c(C)c76)cc5)C4)ccc3o2)C(C)(C)C)cc1. The van der Waals surface area contributed by atoms with E-state index in [-0.39, 0.29) is 43.2 Å². The average molecular weight is 1040 g/mol. The Hall–Kier alpha value is -7.22. The summed E-state index contributed by atoms with van der Waals surface area (Å²) in [6, 6.07) is 20.1. The lowest BCUT2D eigenvalue weighted by Crippen LogP contribution is -2.57. The molecule has 0 aliphatic carbocycles. The lowest BCUT2D eigenvalue weighted by Gasteiger charge is -2.35. The van der Waals surface area contributed by atoms with E-state index >= 15 is 0 Å². The number of benzene rings is 3. The summed E-state index contributed by atoms with van der Waals surface area (Å²) in [5, 5.41) is 36.8. The number of furan rings is 1. The maximum Gasteiger partial charge on any atom is 0.306 e. The lowest BCUT2D eigenvalue weighted by molar-refractivity contribution is -0.142. The minimum Gasteiger partial charge on any atom is -0.488 e. The van der Waals surface area contributed by atoms with Gasteiger partial charge in [-0.3, -0.25) is 28.7 Å². The van der Waals surface area contributed by atoms with Crippen molar-refractivity contribution >= 4 is 68.7 Å². The number of aryl methyl sites for hydroxylation is 3. The van der Waals surface area contributed by atoms with Crippen LogP contribution in [0, 0.1) is 33.1 Å². The highest BCUT2D eigenvalue weighted by Gasteiger charge is 2.45. The van der Waals surface area contributed by atoms with Crippen LogP contribution in [0.1, 0.15) is 114 Å². The first-order chi connectivity index (χ1) is 35.3. The first kappa shape index (κ1) is 50.3. The summed E-state index contributed by atoms with van der Waals surface area (Å²) >= 11 is 3.20. The monoisotopic (exact) mass is 1040 g/mol. The van der Waals surface area contributed by atoms with Crippen LogP contribution in [0.2, 0.25) is 0 Å². The summed E-state index contributed by atoms with van der Waals surface area (Å²) < 4.78 is 14.5. The standard InChI is InChI=1S/C55H59N9O8S2/c1-28-31(4)74-54-46(28)47(58-41(24-45(66)67)50-61-60-32(5)64(50)54)34-13-15-37(16-14-34)62-20-19-40(26-62)71-39-17-18-43-36(21-39)22-44(72-43)52(69)59-49(55(6,7)8)53(70)63-25-38(65)23-42(63)51(68)57-29(2)33-9-11-35(12-10-33)48-30(3)56-27-73-48/h9-18,21-22,27,29,38,40-42,49,65H,19-20,23-26H2,1-8H3,(H,57,68)(H,59,69)(H,66,67)/t29-,38+,40-,41-,42-,49+/m0/s1. The van der Waals surface area contributed by atoms with Crippen molar-refractivity contribution < 1.29 is 38.5 Å². The summed E-state index contributed by atoms with van der Waals surface area (Å²) in [5.41, 5.74) is 9.07. The van der Waals surface area contributed by atoms with Gasteiger partial charge in [-0.15, -0.1) is 32.9 Å². The molecule has 10 rings (SSSR count). The van der Waals surface area contributed by atoms with Gasteiger partial charge >= 0.3 is 5.97 Å². The summed E-state index contributed by atoms with van der Waals surface area (Å²) in [6.07, 6.45) is -0.403. The van der Waals surface area contributed by atoms with E-state index < -0.39 is 47.4 Å². The van der Waals surface area contributed by atoms with E-state index in [0.29, 0.717) is 34.9 Å². The zero-order valence-corrected chi connectivity index (χ0v) is 44.1. The molecule has 7 heterocycles. The van der Waals surface area contributed by atoms with E-state index in [1.165, 1.54) is 4.90 Å². The number of ether oxygens (including phenoxy) is 1. The van der Waals surface area contributed by atoms with Gasteiger partial charge in [-0.1, -0.05) is 57.2 Å². The van der Waals surface area contributed by atoms with E-state index in [1.54, 1.807) is 34.8 Å². The number of carboxylic acid groups (broad SMARTS) is 1. The van der Waals surface area contributed by atoms with Crippen molar-refractivity contribution in [3.8, 4) is 21.2 Å². The molecular weight excluding hydrogens is 979 g/mol. The Morgan fingerprint density at radius 3 is 2.38 bits per heavy atom. The van der Waals surface area contributed by atoms with Crippen LogP contribution in [-0.4, -0.2) is 108 Å². The number of aromatic nitrogens is 4. The lowest BCUT2D eigenvalue weighted by atomic mass is 9.85. The Bertz CT molecular complexity index is 3330. The number of aliphatic hydroxyl groups excluding tert-OH is 1. The quantitative estimate of drug-likeness (QED) is 0.0856. The molecule has 4 N–H and O–H groups in total. The number of likely N-dealkylation sites (tertiary alicyclic amines) is 1. The maximum atomic E-state index is 14.4. The van der Waals surface area contributed by atoms with Gasteiger partial charge in [-0.2, -0.15) is 0 Å². The van der Waals surface area contributed by atoms with Gasteiger partial charge in [-0.05, 0) is 93.1 Å². The number of aliphatic imine (C=N–C) groups is 1. The number of aliphatic carboxylic acids is 1. The highest BCUT2D eigenvalue weighted by Crippen LogP contribution is 2.40. The van der Waals surface area contributed by atoms with Crippen molar-refractivity contribution in [3.05, 3.63) is 129 Å². The molecule has 0 bridgehead atoms. The van der Waals surface area contributed by atoms with Crippen LogP contribution >= 0.6 is 22.7 Å². The fourth-order valence-corrected chi connectivity index (χ4v) is 12.2. The minimum absolute atomic E-state index is 0.0154. The number of carbonyl (C=O) groups excluding carboxylic acids is 3. The van der Waals surface area contributed by atoms with Gasteiger partial charge in [0, 0.05) is 53.0 Å². The fourth-order valence-electron chi connectivity index (χ4n) is 10.2. The highest BCUT2D eigenvalue weighted by atomic mass is 32.1. The second-order valence-electron chi connectivity index (χ2n) is 20.6. The molecule has 2 fully saturated rings. The van der Waals surface area contributed by atoms with Crippen molar-refractivity contribution in [3.63, 3.8) is 0 Å². The van der Waals surface area contributed by atoms with E-state index in [0.717, 1.165) is 72.6 Å². The fraction of sp³-hybridized carbons (Fsp3) is 0.382. The number of β-amino-alcohol motifs (C(OH)–C–C–N with tert-alkyl or cyclic N) is 1. The van der Waals surface area contributed by atoms with Crippen molar-refractivity contribution in [2.75, 3.05) is 24.5 Å². The number of fused-ring (bicyclic) bond motifs is 4. The molecule has 19 heteroatoms. The number of carboxylic acids is 1. The van der Waals surface area contributed by atoms with E-state index in [9.17, 15) is 29.4 Å². The van der Waals surface area contributed by atoms with Gasteiger partial charge in [0.15, 0.2) is 11.6 Å². The van der Waals surface area contributed by atoms with Crippen LogP contribution in [0.15, 0.2) is 87.7 Å². The molecule has 3 amide bonds. The molecule has 0 unspecified atom stereocenters. The largest absolute Gasteiger partial charge is 0.488 e. The normalized spacial score (nSPS) is 19.4. The van der Waals surface area contributed by atoms with E-state index in [2.05, 4.69) is 56.7 Å². The molecule has 3 aliphatic rings. The Morgan fingerprint density at radius 1 is 0.932 bits per heavy atom. The Morgan fingerprint density at radius 2 is 1.68 bits per heavy atom. The molecule has 384 valence electrons. The molecule has 17 nitrogen and oxygen atoms in total. The first-order valence-electron chi connectivity index (χ1n) is 24.8. The molecule has 2 saturated heterocycles. The maximum absolute atomic E-state index is 14.4. The predicted molar refractivity (Wildman–Crippen MR) is 284 cm³/mol. The predicted octanol–water partition coefficient (Wildman–Crippen LogP) is 8.44. The van der Waals surface area contributed by atoms with E-state index in [4.69, 9.17) is 14.1 Å². The van der Waals surface area contributed by atoms with Crippen LogP contribution in [-0.2, 0) is 14.4 Å². The van der Waals surface area contributed by atoms with Crippen LogP contribution in [0.3, 0.4) is 0 Å². The molecule has 6 atom stereocenters. The average Bonchev–Trinajstić information content (AvgIpc) is 4.24. The molecule has 7 aromatic rings. The third-order valence-electron chi connectivity index (χ3n) is 14.3. The number of nitrogens with zero attached hydrogens (tertiary/aromatic N) is 7. The smallest absolute Gasteiger partial charge is 0.306 e. The van der Waals surface area contributed by atoms with Gasteiger partial charge in [0.25, 0.3) is 5.91 Å². The molecule has 0 saturated carbocycles. The topological polar surface area (TPSA) is 218 Å². The van der Waals surface area contributed by atoms with Gasteiger partial charge in [0.05, 0.1) is 46.9 Å². The number of nitrogens with one attached hydrogen (secondary N) is 2. The van der Waals surface area contributed by atoms with Crippen LogP contribution in [0.25, 0.3) is 26.4 Å². The molecule has 3 aromatic carbocycles. The van der Waals surface area contributed by atoms with Crippen LogP contribution in [0.4, 0.5) is 5.69 Å². The minimum atomic E-state index is -1.05. The number of hydrogen-bond donors (Lipinski definition) is 4. The molecule has 0 spiro atoms. The Kier molecular flexibility index (Phi) is 13.5. The van der Waals surface area contributed by atoms with Crippen molar-refractivity contribution in [1.29, 1.82) is 0 Å². The molecule has 3 aliphatic heterocycles. The van der Waals surface area contributed by atoms with Crippen molar-refractivity contribution in [2.45, 2.75) is 111 Å².